The monoisotopic (exact) mass is 387 g/mol. The number of thiophene rings is 1. The largest absolute Gasteiger partial charge is 0.462 e. The van der Waals surface area contributed by atoms with Crippen LogP contribution in [0.25, 0.3) is 0 Å². The van der Waals surface area contributed by atoms with Gasteiger partial charge in [-0.2, -0.15) is 0 Å². The van der Waals surface area contributed by atoms with Crippen LogP contribution >= 0.6 is 11.3 Å². The molecule has 0 aliphatic heterocycles. The predicted molar refractivity (Wildman–Crippen MR) is 107 cm³/mol. The summed E-state index contributed by atoms with van der Waals surface area (Å²) in [4.78, 5) is 26.1. The standard InChI is InChI=1S/C21H26N2O3S/c1-3-26-21(25)19-16-10-9-14(2)11-17(16)27-20(19)23-18(24)13-22-12-15-7-5-4-6-8-15/h4-8,14,22H,3,9-13H2,1-2H3,(H,23,24)/p+1/t14-/m1/s1. The zero-order chi connectivity index (χ0) is 19.2. The molecule has 6 heteroatoms. The molecule has 0 spiro atoms. The van der Waals surface area contributed by atoms with E-state index >= 15 is 0 Å². The van der Waals surface area contributed by atoms with Gasteiger partial charge in [-0.25, -0.2) is 4.79 Å². The van der Waals surface area contributed by atoms with Crippen molar-refractivity contribution in [3.05, 3.63) is 51.9 Å². The van der Waals surface area contributed by atoms with Gasteiger partial charge in [0.05, 0.1) is 12.2 Å². The minimum atomic E-state index is -0.326. The highest BCUT2D eigenvalue weighted by Gasteiger charge is 2.29. The molecule has 3 rings (SSSR count). The lowest BCUT2D eigenvalue weighted by atomic mass is 9.88. The molecular weight excluding hydrogens is 360 g/mol. The van der Waals surface area contributed by atoms with E-state index in [0.29, 0.717) is 29.6 Å². The van der Waals surface area contributed by atoms with Gasteiger partial charge in [0.15, 0.2) is 6.54 Å². The van der Waals surface area contributed by atoms with Crippen LogP contribution in [0, 0.1) is 5.92 Å². The van der Waals surface area contributed by atoms with Gasteiger partial charge < -0.3 is 15.4 Å². The van der Waals surface area contributed by atoms with Gasteiger partial charge in [-0.05, 0) is 37.7 Å². The van der Waals surface area contributed by atoms with Crippen molar-refractivity contribution < 1.29 is 19.6 Å². The van der Waals surface area contributed by atoms with Crippen LogP contribution in [0.4, 0.5) is 5.00 Å². The van der Waals surface area contributed by atoms with Crippen molar-refractivity contribution in [1.29, 1.82) is 0 Å². The molecule has 1 aromatic carbocycles. The van der Waals surface area contributed by atoms with Crippen molar-refractivity contribution in [2.45, 2.75) is 39.7 Å². The molecule has 1 aromatic heterocycles. The molecule has 1 atom stereocenters. The fraction of sp³-hybridized carbons (Fsp3) is 0.429. The van der Waals surface area contributed by atoms with Gasteiger partial charge in [0.1, 0.15) is 11.5 Å². The Morgan fingerprint density at radius 2 is 2.07 bits per heavy atom. The van der Waals surface area contributed by atoms with Crippen LogP contribution in [0.5, 0.6) is 0 Å². The van der Waals surface area contributed by atoms with Crippen molar-refractivity contribution in [2.75, 3.05) is 18.5 Å². The van der Waals surface area contributed by atoms with Crippen molar-refractivity contribution in [3.63, 3.8) is 0 Å². The summed E-state index contributed by atoms with van der Waals surface area (Å²) in [5.41, 5.74) is 2.82. The Labute approximate surface area is 164 Å². The van der Waals surface area contributed by atoms with Crippen molar-refractivity contribution >= 4 is 28.2 Å². The lowest BCUT2D eigenvalue weighted by molar-refractivity contribution is -0.659. The fourth-order valence-corrected chi connectivity index (χ4v) is 4.83. The topological polar surface area (TPSA) is 72.0 Å². The Balaban J connectivity index is 1.67. The number of anilines is 1. The first-order chi connectivity index (χ1) is 13.1. The Morgan fingerprint density at radius 3 is 2.81 bits per heavy atom. The van der Waals surface area contributed by atoms with Crippen molar-refractivity contribution in [3.8, 4) is 0 Å². The van der Waals surface area contributed by atoms with Gasteiger partial charge in [0, 0.05) is 10.4 Å². The average Bonchev–Trinajstić information content (AvgIpc) is 2.99. The number of quaternary nitrogens is 1. The minimum absolute atomic E-state index is 0.0943. The van der Waals surface area contributed by atoms with E-state index < -0.39 is 0 Å². The number of hydrogen-bond donors (Lipinski definition) is 2. The predicted octanol–water partition coefficient (Wildman–Crippen LogP) is 2.75. The van der Waals surface area contributed by atoms with Crippen LogP contribution in [0.15, 0.2) is 30.3 Å². The second kappa shape index (κ2) is 9.15. The van der Waals surface area contributed by atoms with Crippen LogP contribution in [0.2, 0.25) is 0 Å². The molecule has 3 N–H and O–H groups in total. The number of benzene rings is 1. The Kier molecular flexibility index (Phi) is 6.63. The molecule has 0 saturated carbocycles. The first-order valence-corrected chi connectivity index (χ1v) is 10.4. The Hall–Kier alpha value is -2.18. The van der Waals surface area contributed by atoms with Crippen LogP contribution < -0.4 is 10.6 Å². The molecule has 0 fully saturated rings. The smallest absolute Gasteiger partial charge is 0.341 e. The van der Waals surface area contributed by atoms with Crippen LogP contribution in [0.1, 0.15) is 46.6 Å². The summed E-state index contributed by atoms with van der Waals surface area (Å²) in [7, 11) is 0. The summed E-state index contributed by atoms with van der Waals surface area (Å²) in [5.74, 6) is 0.185. The highest BCUT2D eigenvalue weighted by atomic mass is 32.1. The van der Waals surface area contributed by atoms with E-state index in [4.69, 9.17) is 4.74 Å². The maximum atomic E-state index is 12.5. The minimum Gasteiger partial charge on any atom is -0.462 e. The molecule has 1 aliphatic carbocycles. The maximum Gasteiger partial charge on any atom is 0.341 e. The molecule has 27 heavy (non-hydrogen) atoms. The lowest BCUT2D eigenvalue weighted by Gasteiger charge is -2.18. The molecular formula is C21H27N2O3S+. The van der Waals surface area contributed by atoms with E-state index in [2.05, 4.69) is 12.2 Å². The van der Waals surface area contributed by atoms with E-state index in [9.17, 15) is 9.59 Å². The molecule has 0 unspecified atom stereocenters. The molecule has 1 aliphatic rings. The molecule has 1 amide bonds. The van der Waals surface area contributed by atoms with Gasteiger partial charge >= 0.3 is 5.97 Å². The fourth-order valence-electron chi connectivity index (χ4n) is 3.42. The molecule has 2 aromatic rings. The summed E-state index contributed by atoms with van der Waals surface area (Å²) in [6.45, 7) is 5.42. The number of esters is 1. The molecule has 0 saturated heterocycles. The van der Waals surface area contributed by atoms with Gasteiger partial charge in [0.25, 0.3) is 5.91 Å². The number of ether oxygens (including phenoxy) is 1. The van der Waals surface area contributed by atoms with E-state index in [1.165, 1.54) is 21.8 Å². The molecule has 0 radical (unpaired) electrons. The number of nitrogens with two attached hydrogens (primary N) is 1. The van der Waals surface area contributed by atoms with Gasteiger partial charge in [-0.1, -0.05) is 37.3 Å². The van der Waals surface area contributed by atoms with Crippen LogP contribution in [-0.2, 0) is 28.9 Å². The van der Waals surface area contributed by atoms with E-state index in [-0.39, 0.29) is 11.9 Å². The number of amides is 1. The van der Waals surface area contributed by atoms with Crippen LogP contribution in [0.3, 0.4) is 0 Å². The Bertz CT molecular complexity index is 801. The zero-order valence-electron chi connectivity index (χ0n) is 15.9. The highest BCUT2D eigenvalue weighted by Crippen LogP contribution is 2.40. The summed E-state index contributed by atoms with van der Waals surface area (Å²) in [6.07, 6.45) is 2.90. The van der Waals surface area contributed by atoms with E-state index in [1.54, 1.807) is 6.92 Å². The SMILES string of the molecule is CCOC(=O)c1c(NC(=O)C[NH2+]Cc2ccccc2)sc2c1CC[C@@H](C)C2. The number of nitrogens with one attached hydrogen (secondary N) is 1. The highest BCUT2D eigenvalue weighted by molar-refractivity contribution is 7.17. The second-order valence-electron chi connectivity index (χ2n) is 7.01. The molecule has 5 nitrogen and oxygen atoms in total. The summed E-state index contributed by atoms with van der Waals surface area (Å²) < 4.78 is 5.25. The molecule has 1 heterocycles. The number of fused-ring (bicyclic) bond motifs is 1. The third kappa shape index (κ3) is 4.96. The zero-order valence-corrected chi connectivity index (χ0v) is 16.7. The number of hydrogen-bond acceptors (Lipinski definition) is 4. The quantitative estimate of drug-likeness (QED) is 0.718. The average molecular weight is 388 g/mol. The number of carbonyl (C=O) groups is 2. The first kappa shape index (κ1) is 19.6. The maximum absolute atomic E-state index is 12.5. The summed E-state index contributed by atoms with van der Waals surface area (Å²) in [5, 5.41) is 5.56. The van der Waals surface area contributed by atoms with Gasteiger partial charge in [0.2, 0.25) is 0 Å². The third-order valence-electron chi connectivity index (χ3n) is 4.80. The van der Waals surface area contributed by atoms with E-state index in [1.807, 2.05) is 35.6 Å². The van der Waals surface area contributed by atoms with Gasteiger partial charge in [-0.15, -0.1) is 11.3 Å². The number of carbonyl (C=O) groups excluding carboxylic acids is 2. The normalized spacial score (nSPS) is 15.9. The molecule has 144 valence electrons. The summed E-state index contributed by atoms with van der Waals surface area (Å²) in [6, 6.07) is 10.0. The second-order valence-corrected chi connectivity index (χ2v) is 8.11. The Morgan fingerprint density at radius 1 is 1.30 bits per heavy atom. The lowest BCUT2D eigenvalue weighted by Crippen LogP contribution is -2.84. The van der Waals surface area contributed by atoms with Crippen molar-refractivity contribution in [2.24, 2.45) is 5.92 Å². The first-order valence-electron chi connectivity index (χ1n) is 9.55. The third-order valence-corrected chi connectivity index (χ3v) is 5.97. The van der Waals surface area contributed by atoms with Crippen LogP contribution in [-0.4, -0.2) is 25.0 Å². The van der Waals surface area contributed by atoms with Gasteiger partial charge in [-0.3, -0.25) is 4.79 Å². The van der Waals surface area contributed by atoms with E-state index in [0.717, 1.165) is 31.4 Å². The molecule has 0 bridgehead atoms. The summed E-state index contributed by atoms with van der Waals surface area (Å²) >= 11 is 1.53. The number of rotatable bonds is 7. The van der Waals surface area contributed by atoms with Crippen molar-refractivity contribution in [1.82, 2.24) is 0 Å².